The molecular formula is C18H15Br2NO2. The van der Waals surface area contributed by atoms with Crippen molar-refractivity contribution in [1.82, 2.24) is 4.90 Å². The van der Waals surface area contributed by atoms with Gasteiger partial charge in [-0.05, 0) is 61.7 Å². The van der Waals surface area contributed by atoms with E-state index in [0.29, 0.717) is 17.7 Å². The molecule has 0 aliphatic carbocycles. The monoisotopic (exact) mass is 435 g/mol. The first-order valence-corrected chi connectivity index (χ1v) is 8.80. The molecule has 0 unspecified atom stereocenters. The second kappa shape index (κ2) is 5.87. The van der Waals surface area contributed by atoms with Crippen LogP contribution in [0.2, 0.25) is 0 Å². The summed E-state index contributed by atoms with van der Waals surface area (Å²) in [6.45, 7) is 4.41. The molecule has 1 heterocycles. The molecule has 2 aromatic rings. The van der Waals surface area contributed by atoms with Crippen LogP contribution in [0.3, 0.4) is 0 Å². The quantitative estimate of drug-likeness (QED) is 0.649. The Hall–Kier alpha value is -1.46. The van der Waals surface area contributed by atoms with Crippen molar-refractivity contribution in [2.75, 3.05) is 6.54 Å². The van der Waals surface area contributed by atoms with Gasteiger partial charge in [0.2, 0.25) is 0 Å². The molecule has 2 amide bonds. The SMILES string of the molecule is CC(C)(CN1C(=O)c2ccccc2C1=O)c1ccc(Br)c(Br)c1. The molecule has 2 aromatic carbocycles. The van der Waals surface area contributed by atoms with E-state index in [4.69, 9.17) is 0 Å². The van der Waals surface area contributed by atoms with Crippen LogP contribution in [-0.2, 0) is 5.41 Å². The van der Waals surface area contributed by atoms with Crippen LogP contribution < -0.4 is 0 Å². The maximum atomic E-state index is 12.5. The molecule has 0 atom stereocenters. The lowest BCUT2D eigenvalue weighted by Gasteiger charge is -2.30. The van der Waals surface area contributed by atoms with Crippen molar-refractivity contribution < 1.29 is 9.59 Å². The van der Waals surface area contributed by atoms with Crippen molar-refractivity contribution in [2.45, 2.75) is 19.3 Å². The predicted molar refractivity (Wildman–Crippen MR) is 96.7 cm³/mol. The van der Waals surface area contributed by atoms with Gasteiger partial charge in [0.15, 0.2) is 0 Å². The van der Waals surface area contributed by atoms with Crippen LogP contribution in [0.5, 0.6) is 0 Å². The van der Waals surface area contributed by atoms with Gasteiger partial charge in [-0.25, -0.2) is 0 Å². The fourth-order valence-electron chi connectivity index (χ4n) is 2.79. The number of amides is 2. The van der Waals surface area contributed by atoms with Crippen LogP contribution in [-0.4, -0.2) is 23.3 Å². The fourth-order valence-corrected chi connectivity index (χ4v) is 3.41. The summed E-state index contributed by atoms with van der Waals surface area (Å²) in [5.41, 5.74) is 1.69. The van der Waals surface area contributed by atoms with Gasteiger partial charge >= 0.3 is 0 Å². The number of imide groups is 1. The molecule has 0 fully saturated rings. The first kappa shape index (κ1) is 16.4. The van der Waals surface area contributed by atoms with Gasteiger partial charge in [-0.15, -0.1) is 0 Å². The van der Waals surface area contributed by atoms with Crippen LogP contribution in [0.1, 0.15) is 40.1 Å². The Labute approximate surface area is 151 Å². The highest BCUT2D eigenvalue weighted by Crippen LogP contribution is 2.33. The highest BCUT2D eigenvalue weighted by Gasteiger charge is 2.38. The van der Waals surface area contributed by atoms with Gasteiger partial charge in [0.25, 0.3) is 11.8 Å². The number of benzene rings is 2. The van der Waals surface area contributed by atoms with E-state index >= 15 is 0 Å². The molecule has 3 rings (SSSR count). The lowest BCUT2D eigenvalue weighted by molar-refractivity contribution is 0.0623. The maximum Gasteiger partial charge on any atom is 0.261 e. The fraction of sp³-hybridized carbons (Fsp3) is 0.222. The Kier molecular flexibility index (Phi) is 4.19. The summed E-state index contributed by atoms with van der Waals surface area (Å²) in [6, 6.07) is 13.0. The van der Waals surface area contributed by atoms with Crippen LogP contribution >= 0.6 is 31.9 Å². The molecule has 0 radical (unpaired) electrons. The molecule has 0 spiro atoms. The molecule has 1 aliphatic heterocycles. The summed E-state index contributed by atoms with van der Waals surface area (Å²) < 4.78 is 1.92. The van der Waals surface area contributed by atoms with E-state index in [1.807, 2.05) is 32.0 Å². The van der Waals surface area contributed by atoms with Crippen molar-refractivity contribution >= 4 is 43.7 Å². The van der Waals surface area contributed by atoms with Gasteiger partial charge in [0.1, 0.15) is 0 Å². The molecule has 118 valence electrons. The molecule has 0 bridgehead atoms. The summed E-state index contributed by atoms with van der Waals surface area (Å²) >= 11 is 6.96. The van der Waals surface area contributed by atoms with Crippen LogP contribution in [0, 0.1) is 0 Å². The molecule has 0 N–H and O–H groups in total. The molecule has 0 aromatic heterocycles. The van der Waals surface area contributed by atoms with Crippen molar-refractivity contribution in [2.24, 2.45) is 0 Å². The molecule has 3 nitrogen and oxygen atoms in total. The third kappa shape index (κ3) is 2.88. The zero-order chi connectivity index (χ0) is 16.8. The molecular weight excluding hydrogens is 422 g/mol. The van der Waals surface area contributed by atoms with Gasteiger partial charge in [0, 0.05) is 20.9 Å². The predicted octanol–water partition coefficient (Wildman–Crippen LogP) is 4.79. The summed E-state index contributed by atoms with van der Waals surface area (Å²) in [7, 11) is 0. The second-order valence-corrected chi connectivity index (χ2v) is 7.96. The van der Waals surface area contributed by atoms with E-state index < -0.39 is 0 Å². The Morgan fingerprint density at radius 1 is 0.913 bits per heavy atom. The highest BCUT2D eigenvalue weighted by atomic mass is 79.9. The van der Waals surface area contributed by atoms with Crippen molar-refractivity contribution in [1.29, 1.82) is 0 Å². The lowest BCUT2D eigenvalue weighted by atomic mass is 9.84. The smallest absolute Gasteiger partial charge is 0.261 e. The topological polar surface area (TPSA) is 37.4 Å². The Bertz CT molecular complexity index is 779. The van der Waals surface area contributed by atoms with Crippen molar-refractivity contribution in [3.63, 3.8) is 0 Å². The van der Waals surface area contributed by atoms with Crippen molar-refractivity contribution in [3.05, 3.63) is 68.1 Å². The Morgan fingerprint density at radius 3 is 2.00 bits per heavy atom. The van der Waals surface area contributed by atoms with E-state index in [0.717, 1.165) is 14.5 Å². The number of carbonyl (C=O) groups excluding carboxylic acids is 2. The zero-order valence-corrected chi connectivity index (χ0v) is 15.9. The third-order valence-corrected chi connectivity index (χ3v) is 6.01. The largest absolute Gasteiger partial charge is 0.273 e. The minimum absolute atomic E-state index is 0.213. The normalized spacial score (nSPS) is 14.3. The van der Waals surface area contributed by atoms with Crippen LogP contribution in [0.15, 0.2) is 51.4 Å². The summed E-state index contributed by atoms with van der Waals surface area (Å²) in [6.07, 6.45) is 0. The molecule has 5 heteroatoms. The van der Waals surface area contributed by atoms with E-state index in [9.17, 15) is 9.59 Å². The number of rotatable bonds is 3. The number of carbonyl (C=O) groups is 2. The van der Waals surface area contributed by atoms with Gasteiger partial charge in [-0.2, -0.15) is 0 Å². The van der Waals surface area contributed by atoms with E-state index in [-0.39, 0.29) is 17.2 Å². The molecule has 23 heavy (non-hydrogen) atoms. The van der Waals surface area contributed by atoms with Gasteiger partial charge in [-0.1, -0.05) is 32.0 Å². The summed E-state index contributed by atoms with van der Waals surface area (Å²) in [5.74, 6) is -0.426. The van der Waals surface area contributed by atoms with Gasteiger partial charge in [0.05, 0.1) is 11.1 Å². The van der Waals surface area contributed by atoms with E-state index in [1.54, 1.807) is 24.3 Å². The number of hydrogen-bond acceptors (Lipinski definition) is 2. The average molecular weight is 437 g/mol. The Balaban J connectivity index is 1.91. The molecule has 0 saturated carbocycles. The van der Waals surface area contributed by atoms with Crippen molar-refractivity contribution in [3.8, 4) is 0 Å². The first-order valence-electron chi connectivity index (χ1n) is 7.22. The van der Waals surface area contributed by atoms with Gasteiger partial charge in [-0.3, -0.25) is 14.5 Å². The number of fused-ring (bicyclic) bond motifs is 1. The van der Waals surface area contributed by atoms with Crippen LogP contribution in [0.25, 0.3) is 0 Å². The average Bonchev–Trinajstić information content (AvgIpc) is 2.75. The highest BCUT2D eigenvalue weighted by molar-refractivity contribution is 9.13. The molecule has 0 saturated heterocycles. The van der Waals surface area contributed by atoms with E-state index in [1.165, 1.54) is 4.90 Å². The second-order valence-electron chi connectivity index (χ2n) is 6.25. The minimum atomic E-state index is -0.351. The van der Waals surface area contributed by atoms with Gasteiger partial charge < -0.3 is 0 Å². The number of halogens is 2. The lowest BCUT2D eigenvalue weighted by Crippen LogP contribution is -2.40. The van der Waals surface area contributed by atoms with E-state index in [2.05, 4.69) is 31.9 Å². The standard InChI is InChI=1S/C18H15Br2NO2/c1-18(2,11-7-8-14(19)15(20)9-11)10-21-16(22)12-5-3-4-6-13(12)17(21)23/h3-9H,10H2,1-2H3. The Morgan fingerprint density at radius 2 is 1.48 bits per heavy atom. The number of nitrogens with zero attached hydrogens (tertiary/aromatic N) is 1. The van der Waals surface area contributed by atoms with Crippen LogP contribution in [0.4, 0.5) is 0 Å². The third-order valence-electron chi connectivity index (χ3n) is 4.13. The maximum absolute atomic E-state index is 12.5. The number of hydrogen-bond donors (Lipinski definition) is 0. The minimum Gasteiger partial charge on any atom is -0.273 e. The molecule has 1 aliphatic rings. The summed E-state index contributed by atoms with van der Waals surface area (Å²) in [5, 5.41) is 0. The zero-order valence-electron chi connectivity index (χ0n) is 12.8. The first-order chi connectivity index (χ1) is 10.8. The summed E-state index contributed by atoms with van der Waals surface area (Å²) in [4.78, 5) is 26.4.